The fraction of sp³-hybridized carbons (Fsp3) is 0.625. The molecule has 0 spiro atoms. The second kappa shape index (κ2) is 7.04. The minimum absolute atomic E-state index is 0.482. The Kier molecular flexibility index (Phi) is 5.37. The quantitative estimate of drug-likeness (QED) is 0.880. The van der Waals surface area contributed by atoms with Gasteiger partial charge in [-0.1, -0.05) is 38.1 Å². The summed E-state index contributed by atoms with van der Waals surface area (Å²) < 4.78 is 5.63. The van der Waals surface area contributed by atoms with E-state index in [9.17, 15) is 0 Å². The zero-order chi connectivity index (χ0) is 13.7. The molecule has 1 aliphatic heterocycles. The van der Waals surface area contributed by atoms with Crippen LogP contribution in [0.5, 0.6) is 0 Å². The molecule has 1 fully saturated rings. The summed E-state index contributed by atoms with van der Waals surface area (Å²) in [5, 5.41) is 3.52. The molecule has 106 valence electrons. The van der Waals surface area contributed by atoms with Gasteiger partial charge < -0.3 is 10.1 Å². The first-order valence-corrected chi connectivity index (χ1v) is 7.26. The fourth-order valence-corrected chi connectivity index (χ4v) is 2.46. The van der Waals surface area contributed by atoms with E-state index in [0.717, 1.165) is 32.8 Å². The van der Waals surface area contributed by atoms with E-state index in [1.54, 1.807) is 0 Å². The van der Waals surface area contributed by atoms with Crippen molar-refractivity contribution in [2.45, 2.75) is 39.4 Å². The summed E-state index contributed by atoms with van der Waals surface area (Å²) >= 11 is 0. The lowest BCUT2D eigenvalue weighted by atomic mass is 10.1. The summed E-state index contributed by atoms with van der Waals surface area (Å²) in [4.78, 5) is 2.54. The number of hydrogen-bond acceptors (Lipinski definition) is 3. The Morgan fingerprint density at radius 1 is 1.37 bits per heavy atom. The van der Waals surface area contributed by atoms with Crippen LogP contribution in [-0.2, 0) is 11.3 Å². The maximum absolute atomic E-state index is 5.63. The SMILES string of the molecule is Cc1ccccc1CN1CCOCC1CNC(C)C. The molecule has 0 aliphatic carbocycles. The van der Waals surface area contributed by atoms with Crippen molar-refractivity contribution in [2.24, 2.45) is 0 Å². The average Bonchev–Trinajstić information content (AvgIpc) is 2.40. The van der Waals surface area contributed by atoms with Crippen LogP contribution in [0.4, 0.5) is 0 Å². The first-order chi connectivity index (χ1) is 9.16. The molecule has 19 heavy (non-hydrogen) atoms. The molecule has 0 bridgehead atoms. The molecule has 1 N–H and O–H groups in total. The lowest BCUT2D eigenvalue weighted by Gasteiger charge is -2.36. The smallest absolute Gasteiger partial charge is 0.0635 e. The Morgan fingerprint density at radius 2 is 2.16 bits per heavy atom. The summed E-state index contributed by atoms with van der Waals surface area (Å²) in [5.41, 5.74) is 2.81. The zero-order valence-corrected chi connectivity index (χ0v) is 12.4. The topological polar surface area (TPSA) is 24.5 Å². The average molecular weight is 262 g/mol. The molecule has 3 nitrogen and oxygen atoms in total. The van der Waals surface area contributed by atoms with Gasteiger partial charge in [0.25, 0.3) is 0 Å². The molecule has 1 aromatic rings. The van der Waals surface area contributed by atoms with Crippen LogP contribution in [0.1, 0.15) is 25.0 Å². The molecule has 1 heterocycles. The van der Waals surface area contributed by atoms with Crippen LogP contribution in [0.15, 0.2) is 24.3 Å². The van der Waals surface area contributed by atoms with Gasteiger partial charge in [0.1, 0.15) is 0 Å². The van der Waals surface area contributed by atoms with Gasteiger partial charge in [-0.15, -0.1) is 0 Å². The number of rotatable bonds is 5. The molecule has 1 unspecified atom stereocenters. The molecule has 1 saturated heterocycles. The number of morpholine rings is 1. The third kappa shape index (κ3) is 4.30. The summed E-state index contributed by atoms with van der Waals surface area (Å²) in [6.07, 6.45) is 0. The second-order valence-corrected chi connectivity index (χ2v) is 5.69. The highest BCUT2D eigenvalue weighted by molar-refractivity contribution is 5.25. The third-order valence-electron chi connectivity index (χ3n) is 3.75. The number of nitrogens with zero attached hydrogens (tertiary/aromatic N) is 1. The van der Waals surface area contributed by atoms with Crippen molar-refractivity contribution >= 4 is 0 Å². The molecule has 0 amide bonds. The molecular weight excluding hydrogens is 236 g/mol. The van der Waals surface area contributed by atoms with E-state index >= 15 is 0 Å². The van der Waals surface area contributed by atoms with Crippen LogP contribution in [0.25, 0.3) is 0 Å². The number of nitrogens with one attached hydrogen (secondary N) is 1. The van der Waals surface area contributed by atoms with Crippen molar-refractivity contribution in [1.29, 1.82) is 0 Å². The molecule has 1 atom stereocenters. The molecule has 0 saturated carbocycles. The maximum atomic E-state index is 5.63. The van der Waals surface area contributed by atoms with Crippen molar-refractivity contribution in [2.75, 3.05) is 26.3 Å². The van der Waals surface area contributed by atoms with Gasteiger partial charge in [-0.3, -0.25) is 4.90 Å². The molecule has 2 rings (SSSR count). The van der Waals surface area contributed by atoms with Gasteiger partial charge in [0, 0.05) is 31.7 Å². The van der Waals surface area contributed by atoms with Crippen LogP contribution in [-0.4, -0.2) is 43.3 Å². The lowest BCUT2D eigenvalue weighted by molar-refractivity contribution is -0.0115. The molecule has 1 aliphatic rings. The van der Waals surface area contributed by atoms with Gasteiger partial charge in [-0.25, -0.2) is 0 Å². The predicted molar refractivity (Wildman–Crippen MR) is 79.3 cm³/mol. The maximum Gasteiger partial charge on any atom is 0.0635 e. The summed E-state index contributed by atoms with van der Waals surface area (Å²) in [6.45, 7) is 11.3. The summed E-state index contributed by atoms with van der Waals surface area (Å²) in [5.74, 6) is 0. The van der Waals surface area contributed by atoms with Crippen molar-refractivity contribution in [3.05, 3.63) is 35.4 Å². The van der Waals surface area contributed by atoms with Gasteiger partial charge in [-0.2, -0.15) is 0 Å². The minimum Gasteiger partial charge on any atom is -0.378 e. The van der Waals surface area contributed by atoms with Crippen LogP contribution in [0.3, 0.4) is 0 Å². The van der Waals surface area contributed by atoms with Gasteiger partial charge in [0.15, 0.2) is 0 Å². The van der Waals surface area contributed by atoms with E-state index in [1.165, 1.54) is 11.1 Å². The zero-order valence-electron chi connectivity index (χ0n) is 12.4. The molecule has 0 aromatic heterocycles. The van der Waals surface area contributed by atoms with E-state index in [1.807, 2.05) is 0 Å². The monoisotopic (exact) mass is 262 g/mol. The van der Waals surface area contributed by atoms with Crippen LogP contribution in [0.2, 0.25) is 0 Å². The fourth-order valence-electron chi connectivity index (χ4n) is 2.46. The largest absolute Gasteiger partial charge is 0.378 e. The van der Waals surface area contributed by atoms with Crippen LogP contribution < -0.4 is 5.32 Å². The Bertz CT molecular complexity index is 392. The Hall–Kier alpha value is -0.900. The van der Waals surface area contributed by atoms with Gasteiger partial charge in [0.05, 0.1) is 13.2 Å². The highest BCUT2D eigenvalue weighted by Gasteiger charge is 2.23. The van der Waals surface area contributed by atoms with E-state index in [0.29, 0.717) is 12.1 Å². The van der Waals surface area contributed by atoms with Gasteiger partial charge >= 0.3 is 0 Å². The molecular formula is C16H26N2O. The lowest BCUT2D eigenvalue weighted by Crippen LogP contribution is -2.50. The highest BCUT2D eigenvalue weighted by Crippen LogP contribution is 2.15. The number of benzene rings is 1. The first-order valence-electron chi connectivity index (χ1n) is 7.26. The Balaban J connectivity index is 1.97. The van der Waals surface area contributed by atoms with Crippen molar-refractivity contribution in [3.8, 4) is 0 Å². The van der Waals surface area contributed by atoms with Crippen molar-refractivity contribution in [3.63, 3.8) is 0 Å². The van der Waals surface area contributed by atoms with Crippen LogP contribution in [0, 0.1) is 6.92 Å². The van der Waals surface area contributed by atoms with E-state index in [-0.39, 0.29) is 0 Å². The second-order valence-electron chi connectivity index (χ2n) is 5.69. The van der Waals surface area contributed by atoms with E-state index in [2.05, 4.69) is 55.3 Å². The third-order valence-corrected chi connectivity index (χ3v) is 3.75. The van der Waals surface area contributed by atoms with Gasteiger partial charge in [-0.05, 0) is 18.1 Å². The minimum atomic E-state index is 0.482. The predicted octanol–water partition coefficient (Wildman–Crippen LogP) is 2.19. The standard InChI is InChI=1S/C16H26N2O/c1-13(2)17-10-16-12-19-9-8-18(16)11-15-7-5-4-6-14(15)3/h4-7,13,16-17H,8-12H2,1-3H3. The summed E-state index contributed by atoms with van der Waals surface area (Å²) in [6, 6.07) is 9.67. The normalized spacial score (nSPS) is 20.9. The van der Waals surface area contributed by atoms with Crippen LogP contribution >= 0.6 is 0 Å². The van der Waals surface area contributed by atoms with E-state index in [4.69, 9.17) is 4.74 Å². The van der Waals surface area contributed by atoms with Gasteiger partial charge in [0.2, 0.25) is 0 Å². The Labute approximate surface area is 116 Å². The number of hydrogen-bond donors (Lipinski definition) is 1. The van der Waals surface area contributed by atoms with Crippen molar-refractivity contribution < 1.29 is 4.74 Å². The highest BCUT2D eigenvalue weighted by atomic mass is 16.5. The first kappa shape index (κ1) is 14.5. The number of aryl methyl sites for hydroxylation is 1. The van der Waals surface area contributed by atoms with E-state index < -0.39 is 0 Å². The molecule has 3 heteroatoms. The molecule has 0 radical (unpaired) electrons. The summed E-state index contributed by atoms with van der Waals surface area (Å²) in [7, 11) is 0. The number of ether oxygens (including phenoxy) is 1. The molecule has 1 aromatic carbocycles. The Morgan fingerprint density at radius 3 is 2.89 bits per heavy atom. The van der Waals surface area contributed by atoms with Crippen molar-refractivity contribution in [1.82, 2.24) is 10.2 Å².